The van der Waals surface area contributed by atoms with Crippen molar-refractivity contribution in [3.63, 3.8) is 0 Å². The van der Waals surface area contributed by atoms with Gasteiger partial charge in [0, 0.05) is 31.6 Å². The molecule has 1 aromatic carbocycles. The molecule has 2 amide bonds. The van der Waals surface area contributed by atoms with Gasteiger partial charge in [-0.15, -0.1) is 6.58 Å². The van der Waals surface area contributed by atoms with Crippen molar-refractivity contribution in [2.75, 3.05) is 19.6 Å². The van der Waals surface area contributed by atoms with Crippen LogP contribution in [-0.2, 0) is 4.79 Å². The minimum atomic E-state index is -0.350. The van der Waals surface area contributed by atoms with Crippen LogP contribution < -0.4 is 0 Å². The van der Waals surface area contributed by atoms with Crippen molar-refractivity contribution in [1.29, 1.82) is 0 Å². The van der Waals surface area contributed by atoms with Gasteiger partial charge in [0.05, 0.1) is 5.54 Å². The van der Waals surface area contributed by atoms with Gasteiger partial charge in [-0.25, -0.2) is 4.39 Å². The fraction of sp³-hybridized carbons (Fsp3) is 0.474. The molecule has 3 rings (SSSR count). The predicted octanol–water partition coefficient (Wildman–Crippen LogP) is 3.00. The second kappa shape index (κ2) is 6.75. The maximum atomic E-state index is 13.1. The number of piperidine rings is 2. The summed E-state index contributed by atoms with van der Waals surface area (Å²) in [4.78, 5) is 28.9. The SMILES string of the molecule is C=CCN1C(=O)CCCC12CCCN(C(=O)c1ccc(F)cc1)C2. The average Bonchev–Trinajstić information content (AvgIpc) is 2.59. The van der Waals surface area contributed by atoms with Crippen LogP contribution in [0.25, 0.3) is 0 Å². The Bertz CT molecular complexity index is 639. The van der Waals surface area contributed by atoms with Gasteiger partial charge in [0.25, 0.3) is 5.91 Å². The lowest BCUT2D eigenvalue weighted by Crippen LogP contribution is -2.63. The van der Waals surface area contributed by atoms with Crippen LogP contribution in [0.4, 0.5) is 4.39 Å². The number of carbonyl (C=O) groups excluding carboxylic acids is 2. The van der Waals surface area contributed by atoms with E-state index in [9.17, 15) is 14.0 Å². The third kappa shape index (κ3) is 3.07. The van der Waals surface area contributed by atoms with Gasteiger partial charge in [0.15, 0.2) is 0 Å². The highest BCUT2D eigenvalue weighted by atomic mass is 19.1. The Balaban J connectivity index is 1.82. The molecule has 0 radical (unpaired) electrons. The first kappa shape index (κ1) is 16.7. The second-order valence-corrected chi connectivity index (χ2v) is 6.71. The highest BCUT2D eigenvalue weighted by Gasteiger charge is 2.45. The first-order valence-electron chi connectivity index (χ1n) is 8.52. The molecule has 24 heavy (non-hydrogen) atoms. The summed E-state index contributed by atoms with van der Waals surface area (Å²) < 4.78 is 13.1. The molecule has 0 aliphatic carbocycles. The summed E-state index contributed by atoms with van der Waals surface area (Å²) in [6, 6.07) is 5.65. The molecule has 0 saturated carbocycles. The summed E-state index contributed by atoms with van der Waals surface area (Å²) in [7, 11) is 0. The van der Waals surface area contributed by atoms with E-state index in [0.717, 1.165) is 25.7 Å². The van der Waals surface area contributed by atoms with Gasteiger partial charge in [-0.2, -0.15) is 0 Å². The predicted molar refractivity (Wildman–Crippen MR) is 90.0 cm³/mol. The van der Waals surface area contributed by atoms with Crippen LogP contribution in [0.15, 0.2) is 36.9 Å². The average molecular weight is 330 g/mol. The zero-order valence-corrected chi connectivity index (χ0v) is 13.8. The summed E-state index contributed by atoms with van der Waals surface area (Å²) in [6.07, 6.45) is 5.89. The molecule has 2 aliphatic rings. The lowest BCUT2D eigenvalue weighted by Gasteiger charge is -2.52. The number of benzene rings is 1. The van der Waals surface area contributed by atoms with Crippen molar-refractivity contribution in [3.05, 3.63) is 48.3 Å². The molecule has 1 spiro atoms. The maximum Gasteiger partial charge on any atom is 0.253 e. The Kier molecular flexibility index (Phi) is 4.69. The molecular weight excluding hydrogens is 307 g/mol. The van der Waals surface area contributed by atoms with E-state index in [1.54, 1.807) is 6.08 Å². The van der Waals surface area contributed by atoms with E-state index in [2.05, 4.69) is 6.58 Å². The molecule has 0 bridgehead atoms. The number of rotatable bonds is 3. The van der Waals surface area contributed by atoms with Gasteiger partial charge in [-0.1, -0.05) is 6.08 Å². The molecule has 128 valence electrons. The van der Waals surface area contributed by atoms with Gasteiger partial charge in [-0.3, -0.25) is 9.59 Å². The van der Waals surface area contributed by atoms with Gasteiger partial charge in [0.1, 0.15) is 5.82 Å². The number of hydrogen-bond donors (Lipinski definition) is 0. The Morgan fingerprint density at radius 2 is 1.96 bits per heavy atom. The van der Waals surface area contributed by atoms with E-state index >= 15 is 0 Å². The van der Waals surface area contributed by atoms with E-state index in [4.69, 9.17) is 0 Å². The topological polar surface area (TPSA) is 40.6 Å². The molecule has 2 saturated heterocycles. The first-order chi connectivity index (χ1) is 11.6. The molecule has 0 N–H and O–H groups in total. The van der Waals surface area contributed by atoms with Gasteiger partial charge in [-0.05, 0) is 49.9 Å². The van der Waals surface area contributed by atoms with E-state index in [1.165, 1.54) is 24.3 Å². The van der Waals surface area contributed by atoms with Crippen LogP contribution >= 0.6 is 0 Å². The van der Waals surface area contributed by atoms with E-state index < -0.39 is 0 Å². The van der Waals surface area contributed by atoms with Crippen molar-refractivity contribution >= 4 is 11.8 Å². The smallest absolute Gasteiger partial charge is 0.253 e. The number of halogens is 1. The molecule has 0 aromatic heterocycles. The fourth-order valence-electron chi connectivity index (χ4n) is 4.01. The highest BCUT2D eigenvalue weighted by Crippen LogP contribution is 2.37. The first-order valence-corrected chi connectivity index (χ1v) is 8.52. The molecule has 2 aliphatic heterocycles. The van der Waals surface area contributed by atoms with E-state index in [-0.39, 0.29) is 23.2 Å². The quantitative estimate of drug-likeness (QED) is 0.800. The van der Waals surface area contributed by atoms with Crippen molar-refractivity contribution < 1.29 is 14.0 Å². The zero-order chi connectivity index (χ0) is 17.2. The molecule has 2 fully saturated rings. The second-order valence-electron chi connectivity index (χ2n) is 6.71. The van der Waals surface area contributed by atoms with Crippen molar-refractivity contribution in [1.82, 2.24) is 9.80 Å². The Hall–Kier alpha value is -2.17. The van der Waals surface area contributed by atoms with Crippen LogP contribution in [0.2, 0.25) is 0 Å². The number of hydrogen-bond acceptors (Lipinski definition) is 2. The highest BCUT2D eigenvalue weighted by molar-refractivity contribution is 5.94. The Morgan fingerprint density at radius 1 is 1.25 bits per heavy atom. The zero-order valence-electron chi connectivity index (χ0n) is 13.8. The molecule has 2 heterocycles. The summed E-state index contributed by atoms with van der Waals surface area (Å²) in [6.45, 7) is 5.51. The third-order valence-electron chi connectivity index (χ3n) is 5.15. The van der Waals surface area contributed by atoms with Crippen LogP contribution in [0.1, 0.15) is 42.5 Å². The van der Waals surface area contributed by atoms with Gasteiger partial charge < -0.3 is 9.80 Å². The minimum Gasteiger partial charge on any atom is -0.336 e. The summed E-state index contributed by atoms with van der Waals surface area (Å²) in [5, 5.41) is 0. The van der Waals surface area contributed by atoms with Crippen LogP contribution in [0.5, 0.6) is 0 Å². The molecule has 1 atom stereocenters. The third-order valence-corrected chi connectivity index (χ3v) is 5.15. The van der Waals surface area contributed by atoms with Crippen LogP contribution in [-0.4, -0.2) is 46.8 Å². The Morgan fingerprint density at radius 3 is 2.67 bits per heavy atom. The molecule has 4 nitrogen and oxygen atoms in total. The van der Waals surface area contributed by atoms with Gasteiger partial charge in [0.2, 0.25) is 5.91 Å². The maximum absolute atomic E-state index is 13.1. The monoisotopic (exact) mass is 330 g/mol. The van der Waals surface area contributed by atoms with Gasteiger partial charge >= 0.3 is 0 Å². The van der Waals surface area contributed by atoms with Crippen molar-refractivity contribution in [2.45, 2.75) is 37.6 Å². The van der Waals surface area contributed by atoms with Crippen molar-refractivity contribution in [2.24, 2.45) is 0 Å². The number of carbonyl (C=O) groups is 2. The van der Waals surface area contributed by atoms with Crippen LogP contribution in [0.3, 0.4) is 0 Å². The number of amides is 2. The summed E-state index contributed by atoms with van der Waals surface area (Å²) in [5.41, 5.74) is 0.211. The number of nitrogens with zero attached hydrogens (tertiary/aromatic N) is 2. The summed E-state index contributed by atoms with van der Waals surface area (Å²) >= 11 is 0. The lowest BCUT2D eigenvalue weighted by molar-refractivity contribution is -0.143. The largest absolute Gasteiger partial charge is 0.336 e. The van der Waals surface area contributed by atoms with Crippen molar-refractivity contribution in [3.8, 4) is 0 Å². The fourth-order valence-corrected chi connectivity index (χ4v) is 4.01. The molecular formula is C19H23FN2O2. The van der Waals surface area contributed by atoms with E-state index in [1.807, 2.05) is 9.80 Å². The summed E-state index contributed by atoms with van der Waals surface area (Å²) in [5.74, 6) is -0.292. The number of likely N-dealkylation sites (tertiary alicyclic amines) is 2. The van der Waals surface area contributed by atoms with Crippen LogP contribution in [0, 0.1) is 5.82 Å². The standard InChI is InChI=1S/C19H23FN2O2/c1-2-12-22-17(23)5-3-10-19(22)11-4-13-21(14-19)18(24)15-6-8-16(20)9-7-15/h2,6-9H,1,3-5,10-14H2. The molecule has 1 unspecified atom stereocenters. The van der Waals surface area contributed by atoms with E-state index in [0.29, 0.717) is 31.6 Å². The molecule has 5 heteroatoms. The molecule has 1 aromatic rings. The lowest BCUT2D eigenvalue weighted by atomic mass is 9.79. The minimum absolute atomic E-state index is 0.0920. The Labute approximate surface area is 141 Å². The normalized spacial score (nSPS) is 24.3.